The van der Waals surface area contributed by atoms with Crippen LogP contribution in [0, 0.1) is 0 Å². The molecule has 0 atom stereocenters. The van der Waals surface area contributed by atoms with E-state index in [9.17, 15) is 0 Å². The first-order valence-corrected chi connectivity index (χ1v) is 29.4. The van der Waals surface area contributed by atoms with Crippen molar-refractivity contribution in [1.82, 2.24) is 27.4 Å². The number of aromatic nitrogens is 6. The normalized spacial score (nSPS) is 12.1. The van der Waals surface area contributed by atoms with Crippen LogP contribution in [-0.2, 0) is 0 Å². The van der Waals surface area contributed by atoms with Crippen molar-refractivity contribution in [2.45, 2.75) is 59.7 Å². The summed E-state index contributed by atoms with van der Waals surface area (Å²) < 4.78 is 14.6. The van der Waals surface area contributed by atoms with Crippen molar-refractivity contribution in [2.24, 2.45) is 0 Å². The SMILES string of the molecule is CC(C)n1c2ccccc2c2c3c(ccc21)c1ccccc1n3-c1ccccc1.CC(C)n1c2ccccc2c2c3c4ccccc4n(-c4ccccc4)c3ccc21.CC(C)n1c2ccccc2c2c3ccccc3n(-c3ccccc3)c21. The average Bonchev–Trinajstić information content (AvgIpc) is 2.14. The van der Waals surface area contributed by atoms with E-state index >= 15 is 0 Å². The molecule has 0 N–H and O–H groups in total. The number of rotatable bonds is 6. The van der Waals surface area contributed by atoms with Crippen LogP contribution in [0.15, 0.2) is 261 Å². The van der Waals surface area contributed by atoms with Gasteiger partial charge in [0.25, 0.3) is 0 Å². The summed E-state index contributed by atoms with van der Waals surface area (Å²) in [6, 6.07) is 95.1. The number of nitrogens with zero attached hydrogens (tertiary/aromatic N) is 6. The fraction of sp³-hybridized carbons (Fsp3) is 0.117. The molecule has 0 aliphatic carbocycles. The number of fused-ring (bicyclic) bond motifs is 19. The highest BCUT2D eigenvalue weighted by molar-refractivity contribution is 6.29. The predicted octanol–water partition coefficient (Wildman–Crippen LogP) is 21.3. The van der Waals surface area contributed by atoms with Gasteiger partial charge >= 0.3 is 0 Å². The van der Waals surface area contributed by atoms with E-state index in [1.165, 1.54) is 137 Å². The minimum Gasteiger partial charge on any atom is -0.338 e. The molecule has 0 aliphatic rings. The van der Waals surface area contributed by atoms with Gasteiger partial charge < -0.3 is 22.8 Å². The maximum Gasteiger partial charge on any atom is 0.127 e. The highest BCUT2D eigenvalue weighted by Crippen LogP contribution is 2.45. The molecule has 6 nitrogen and oxygen atoms in total. The van der Waals surface area contributed by atoms with Crippen LogP contribution in [0.4, 0.5) is 0 Å². The topological polar surface area (TPSA) is 29.6 Å². The third-order valence-corrected chi connectivity index (χ3v) is 17.1. The molecule has 17 aromatic rings. The molecule has 11 aromatic carbocycles. The molecule has 83 heavy (non-hydrogen) atoms. The van der Waals surface area contributed by atoms with Crippen LogP contribution in [0.3, 0.4) is 0 Å². The molecule has 0 spiro atoms. The van der Waals surface area contributed by atoms with Gasteiger partial charge in [-0.15, -0.1) is 0 Å². The summed E-state index contributed by atoms with van der Waals surface area (Å²) in [5.41, 5.74) is 17.7. The zero-order valence-corrected chi connectivity index (χ0v) is 47.7. The van der Waals surface area contributed by atoms with Gasteiger partial charge in [-0.25, -0.2) is 0 Å². The van der Waals surface area contributed by atoms with Crippen molar-refractivity contribution >= 4 is 120 Å². The van der Waals surface area contributed by atoms with Gasteiger partial charge in [0.15, 0.2) is 0 Å². The molecule has 6 heteroatoms. The van der Waals surface area contributed by atoms with E-state index in [2.05, 4.69) is 330 Å². The van der Waals surface area contributed by atoms with E-state index in [1.54, 1.807) is 0 Å². The summed E-state index contributed by atoms with van der Waals surface area (Å²) in [5.74, 6) is 0. The Morgan fingerprint density at radius 1 is 0.205 bits per heavy atom. The van der Waals surface area contributed by atoms with Crippen LogP contribution in [0.2, 0.25) is 0 Å². The van der Waals surface area contributed by atoms with Gasteiger partial charge in [0.2, 0.25) is 0 Å². The van der Waals surface area contributed by atoms with Gasteiger partial charge in [-0.3, -0.25) is 4.57 Å². The molecule has 17 rings (SSSR count). The highest BCUT2D eigenvalue weighted by atomic mass is 15.1. The molecule has 0 aliphatic heterocycles. The van der Waals surface area contributed by atoms with Gasteiger partial charge in [0, 0.05) is 105 Å². The van der Waals surface area contributed by atoms with E-state index in [1.807, 2.05) is 0 Å². The molecule has 6 heterocycles. The van der Waals surface area contributed by atoms with Gasteiger partial charge in [0.1, 0.15) is 5.65 Å². The molecule has 0 unspecified atom stereocenters. The summed E-state index contributed by atoms with van der Waals surface area (Å²) in [5, 5.41) is 14.6. The van der Waals surface area contributed by atoms with E-state index in [0.29, 0.717) is 18.1 Å². The zero-order chi connectivity index (χ0) is 56.0. The van der Waals surface area contributed by atoms with Crippen LogP contribution >= 0.6 is 0 Å². The Morgan fingerprint density at radius 2 is 0.518 bits per heavy atom. The Labute approximate surface area is 482 Å². The summed E-state index contributed by atoms with van der Waals surface area (Å²) in [7, 11) is 0. The molecular formula is C77H64N6. The highest BCUT2D eigenvalue weighted by Gasteiger charge is 2.24. The number of para-hydroxylation sites is 9. The second-order valence-electron chi connectivity index (χ2n) is 22.9. The minimum atomic E-state index is 0.383. The van der Waals surface area contributed by atoms with Gasteiger partial charge in [-0.05, 0) is 133 Å². The summed E-state index contributed by atoms with van der Waals surface area (Å²) in [6.07, 6.45) is 0. The maximum absolute atomic E-state index is 2.47. The second-order valence-corrected chi connectivity index (χ2v) is 22.9. The van der Waals surface area contributed by atoms with E-state index in [-0.39, 0.29) is 0 Å². The monoisotopic (exact) mass is 1070 g/mol. The average molecular weight is 1070 g/mol. The first kappa shape index (κ1) is 50.0. The fourth-order valence-corrected chi connectivity index (χ4v) is 14.0. The first-order valence-electron chi connectivity index (χ1n) is 29.4. The molecule has 6 aromatic heterocycles. The Morgan fingerprint density at radius 3 is 1.02 bits per heavy atom. The van der Waals surface area contributed by atoms with Crippen molar-refractivity contribution in [1.29, 1.82) is 0 Å². The Kier molecular flexibility index (Phi) is 12.0. The van der Waals surface area contributed by atoms with Gasteiger partial charge in [-0.1, -0.05) is 170 Å². The molecular weight excluding hydrogens is 1010 g/mol. The summed E-state index contributed by atoms with van der Waals surface area (Å²) in [6.45, 7) is 13.6. The Balaban J connectivity index is 0.000000107. The summed E-state index contributed by atoms with van der Waals surface area (Å²) in [4.78, 5) is 0. The lowest BCUT2D eigenvalue weighted by Gasteiger charge is -2.15. The standard InChI is InChI=1S/2C27H22N2.C23H20N2/c1-18(2)28-24-15-9-7-13-22(24)26-25(28)17-16-21-20-12-6-8-14-23(20)29(27(21)26)19-10-4-3-5-11-19;1-18(2)28-22-14-8-6-12-20(22)26-24(28)16-17-25-27(26)21-13-7-9-15-23(21)29(25)19-10-4-3-5-11-19;1-16(2)24-20-14-8-6-12-18(20)22-19-13-7-9-15-21(19)25(23(22)24)17-10-4-3-5-11-17/h2*3-18H,1-2H3;3-16H,1-2H3. The smallest absolute Gasteiger partial charge is 0.127 e. The van der Waals surface area contributed by atoms with Crippen LogP contribution in [0.25, 0.3) is 137 Å². The minimum absolute atomic E-state index is 0.383. The van der Waals surface area contributed by atoms with Crippen molar-refractivity contribution in [3.8, 4) is 17.1 Å². The number of hydrogen-bond donors (Lipinski definition) is 0. The Hall–Kier alpha value is -10.0. The maximum atomic E-state index is 2.47. The van der Waals surface area contributed by atoms with Gasteiger partial charge in [-0.2, -0.15) is 0 Å². The molecule has 0 bridgehead atoms. The molecule has 402 valence electrons. The van der Waals surface area contributed by atoms with Crippen molar-refractivity contribution in [3.05, 3.63) is 261 Å². The molecule has 0 fully saturated rings. The lowest BCUT2D eigenvalue weighted by atomic mass is 10.1. The second kappa shape index (κ2) is 19.9. The Bertz CT molecular complexity index is 5280. The third-order valence-electron chi connectivity index (χ3n) is 17.1. The van der Waals surface area contributed by atoms with Crippen LogP contribution in [0.5, 0.6) is 0 Å². The lowest BCUT2D eigenvalue weighted by molar-refractivity contribution is 0.634. The third kappa shape index (κ3) is 7.69. The van der Waals surface area contributed by atoms with Crippen molar-refractivity contribution in [3.63, 3.8) is 0 Å². The quantitative estimate of drug-likeness (QED) is 0.159. The first-order chi connectivity index (χ1) is 40.8. The van der Waals surface area contributed by atoms with E-state index in [4.69, 9.17) is 0 Å². The van der Waals surface area contributed by atoms with Crippen molar-refractivity contribution in [2.75, 3.05) is 0 Å². The lowest BCUT2D eigenvalue weighted by Crippen LogP contribution is -2.05. The van der Waals surface area contributed by atoms with Crippen LogP contribution < -0.4 is 0 Å². The molecule has 0 saturated heterocycles. The molecule has 0 radical (unpaired) electrons. The fourth-order valence-electron chi connectivity index (χ4n) is 14.0. The van der Waals surface area contributed by atoms with Crippen molar-refractivity contribution < 1.29 is 0 Å². The number of hydrogen-bond acceptors (Lipinski definition) is 0. The largest absolute Gasteiger partial charge is 0.338 e. The molecule has 0 amide bonds. The van der Waals surface area contributed by atoms with E-state index in [0.717, 1.165) is 0 Å². The van der Waals surface area contributed by atoms with Crippen LogP contribution in [-0.4, -0.2) is 27.4 Å². The number of benzene rings is 11. The molecule has 0 saturated carbocycles. The summed E-state index contributed by atoms with van der Waals surface area (Å²) >= 11 is 0. The zero-order valence-electron chi connectivity index (χ0n) is 47.7. The van der Waals surface area contributed by atoms with Gasteiger partial charge in [0.05, 0.1) is 44.1 Å². The predicted molar refractivity (Wildman–Crippen MR) is 355 cm³/mol. The van der Waals surface area contributed by atoms with Crippen LogP contribution in [0.1, 0.15) is 59.7 Å². The van der Waals surface area contributed by atoms with E-state index < -0.39 is 0 Å².